The Morgan fingerprint density at radius 3 is 2.78 bits per heavy atom. The van der Waals surface area contributed by atoms with Crippen LogP contribution in [0.1, 0.15) is 24.9 Å². The van der Waals surface area contributed by atoms with Gasteiger partial charge in [0.2, 0.25) is 0 Å². The highest BCUT2D eigenvalue weighted by molar-refractivity contribution is 7.17. The van der Waals surface area contributed by atoms with Crippen LogP contribution < -0.4 is 10.1 Å². The van der Waals surface area contributed by atoms with Crippen LogP contribution >= 0.6 is 22.7 Å². The third-order valence-corrected chi connectivity index (χ3v) is 5.92. The highest BCUT2D eigenvalue weighted by Gasteiger charge is 2.23. The number of carbonyl (C=O) groups excluding carboxylic acids is 3. The number of esters is 1. The van der Waals surface area contributed by atoms with Gasteiger partial charge in [0.05, 0.1) is 4.88 Å². The van der Waals surface area contributed by atoms with E-state index in [9.17, 15) is 14.4 Å². The Balaban J connectivity index is 1.39. The minimum Gasteiger partial charge on any atom is -0.488 e. The Morgan fingerprint density at radius 2 is 1.96 bits per heavy atom. The number of rotatable bonds is 4. The molecular formula is C19H13NO5S2. The quantitative estimate of drug-likeness (QED) is 0.679. The molecule has 3 heterocycles. The lowest BCUT2D eigenvalue weighted by atomic mass is 10.1. The number of imide groups is 1. The summed E-state index contributed by atoms with van der Waals surface area (Å²) in [6.45, 7) is -0.141. The summed E-state index contributed by atoms with van der Waals surface area (Å²) in [5, 5.41) is 3.93. The van der Waals surface area contributed by atoms with E-state index in [1.165, 1.54) is 22.7 Å². The molecule has 0 bridgehead atoms. The van der Waals surface area contributed by atoms with Crippen LogP contribution in [0.25, 0.3) is 10.4 Å². The van der Waals surface area contributed by atoms with Gasteiger partial charge in [-0.25, -0.2) is 4.79 Å². The first-order valence-electron chi connectivity index (χ1n) is 8.01. The molecule has 3 aromatic rings. The monoisotopic (exact) mass is 399 g/mol. The molecule has 8 heteroatoms. The highest BCUT2D eigenvalue weighted by atomic mass is 32.1. The van der Waals surface area contributed by atoms with Gasteiger partial charge in [-0.2, -0.15) is 0 Å². The zero-order valence-electron chi connectivity index (χ0n) is 13.9. The van der Waals surface area contributed by atoms with Gasteiger partial charge in [0, 0.05) is 16.0 Å². The van der Waals surface area contributed by atoms with Gasteiger partial charge in [-0.15, -0.1) is 22.7 Å². The SMILES string of the molecule is O=C(COC(=O)c1cc2c(s1)-c1ccccc1OC2)NC(=O)c1cccs1. The molecule has 0 radical (unpaired) electrons. The molecule has 1 N–H and O–H groups in total. The Labute approximate surface area is 162 Å². The van der Waals surface area contributed by atoms with E-state index >= 15 is 0 Å². The van der Waals surface area contributed by atoms with Crippen LogP contribution in [0, 0.1) is 0 Å². The van der Waals surface area contributed by atoms with Crippen LogP contribution in [-0.4, -0.2) is 24.4 Å². The molecule has 4 rings (SSSR count). The van der Waals surface area contributed by atoms with E-state index in [4.69, 9.17) is 9.47 Å². The summed E-state index contributed by atoms with van der Waals surface area (Å²) in [6, 6.07) is 12.6. The Kier molecular flexibility index (Phi) is 4.74. The van der Waals surface area contributed by atoms with Gasteiger partial charge in [-0.1, -0.05) is 18.2 Å². The lowest BCUT2D eigenvalue weighted by Crippen LogP contribution is -2.33. The predicted molar refractivity (Wildman–Crippen MR) is 101 cm³/mol. The van der Waals surface area contributed by atoms with Crippen LogP contribution in [-0.2, 0) is 16.1 Å². The molecule has 0 fully saturated rings. The van der Waals surface area contributed by atoms with Crippen molar-refractivity contribution in [1.29, 1.82) is 0 Å². The number of nitrogens with one attached hydrogen (secondary N) is 1. The average molecular weight is 399 g/mol. The first kappa shape index (κ1) is 17.4. The third kappa shape index (κ3) is 3.62. The Bertz CT molecular complexity index is 1020. The zero-order chi connectivity index (χ0) is 18.8. The van der Waals surface area contributed by atoms with Crippen molar-refractivity contribution in [2.45, 2.75) is 6.61 Å². The molecule has 1 aliphatic heterocycles. The number of amides is 2. The van der Waals surface area contributed by atoms with Gasteiger partial charge in [-0.3, -0.25) is 14.9 Å². The fraction of sp³-hybridized carbons (Fsp3) is 0.105. The van der Waals surface area contributed by atoms with Crippen molar-refractivity contribution in [2.75, 3.05) is 6.61 Å². The van der Waals surface area contributed by atoms with Crippen molar-refractivity contribution in [3.63, 3.8) is 0 Å². The molecule has 0 aliphatic carbocycles. The molecule has 0 saturated carbocycles. The molecule has 0 spiro atoms. The molecule has 2 aromatic heterocycles. The van der Waals surface area contributed by atoms with E-state index in [0.717, 1.165) is 21.8 Å². The third-order valence-electron chi connectivity index (χ3n) is 3.86. The largest absolute Gasteiger partial charge is 0.488 e. The van der Waals surface area contributed by atoms with Gasteiger partial charge in [0.15, 0.2) is 6.61 Å². The van der Waals surface area contributed by atoms with E-state index < -0.39 is 24.4 Å². The first-order chi connectivity index (χ1) is 13.1. The number of benzene rings is 1. The second kappa shape index (κ2) is 7.34. The minimum atomic E-state index is -0.670. The molecule has 1 aromatic carbocycles. The molecule has 1 aliphatic rings. The van der Waals surface area contributed by atoms with Crippen LogP contribution in [0.3, 0.4) is 0 Å². The van der Waals surface area contributed by atoms with Gasteiger partial charge in [-0.05, 0) is 29.6 Å². The number of thiophene rings is 2. The van der Waals surface area contributed by atoms with Crippen LogP contribution in [0.5, 0.6) is 5.75 Å². The zero-order valence-corrected chi connectivity index (χ0v) is 15.5. The van der Waals surface area contributed by atoms with E-state index in [0.29, 0.717) is 16.4 Å². The predicted octanol–water partition coefficient (Wildman–Crippen LogP) is 3.48. The summed E-state index contributed by atoms with van der Waals surface area (Å²) in [5.41, 5.74) is 1.84. The maximum atomic E-state index is 12.3. The summed E-state index contributed by atoms with van der Waals surface area (Å²) >= 11 is 2.52. The Morgan fingerprint density at radius 1 is 1.11 bits per heavy atom. The number of fused-ring (bicyclic) bond motifs is 3. The second-order valence-corrected chi connectivity index (χ2v) is 7.68. The molecule has 0 atom stereocenters. The van der Waals surface area contributed by atoms with Gasteiger partial charge >= 0.3 is 5.97 Å². The maximum Gasteiger partial charge on any atom is 0.348 e. The summed E-state index contributed by atoms with van der Waals surface area (Å²) in [4.78, 5) is 37.7. The standard InChI is InChI=1S/C19H13NO5S2/c21-16(20-18(22)14-6-3-7-26-14)10-25-19(23)15-8-11-9-24-13-5-2-1-4-12(13)17(11)27-15/h1-8H,9-10H2,(H,20,21,22). The highest BCUT2D eigenvalue weighted by Crippen LogP contribution is 2.42. The van der Waals surface area contributed by atoms with Crippen molar-refractivity contribution in [2.24, 2.45) is 0 Å². The number of carbonyl (C=O) groups is 3. The summed E-state index contributed by atoms with van der Waals surface area (Å²) in [6.07, 6.45) is 0. The molecule has 0 saturated heterocycles. The minimum absolute atomic E-state index is 0.381. The topological polar surface area (TPSA) is 81.7 Å². The molecular weight excluding hydrogens is 386 g/mol. The molecule has 0 unspecified atom stereocenters. The van der Waals surface area contributed by atoms with Crippen molar-refractivity contribution in [1.82, 2.24) is 5.32 Å². The van der Waals surface area contributed by atoms with Gasteiger partial charge in [0.25, 0.3) is 11.8 Å². The average Bonchev–Trinajstić information content (AvgIpc) is 3.35. The Hall–Kier alpha value is -2.97. The van der Waals surface area contributed by atoms with Crippen LogP contribution in [0.15, 0.2) is 47.8 Å². The van der Waals surface area contributed by atoms with Crippen molar-refractivity contribution in [3.8, 4) is 16.2 Å². The number of hydrogen-bond acceptors (Lipinski definition) is 7. The maximum absolute atomic E-state index is 12.3. The van der Waals surface area contributed by atoms with Crippen molar-refractivity contribution < 1.29 is 23.9 Å². The van der Waals surface area contributed by atoms with Crippen LogP contribution in [0.2, 0.25) is 0 Å². The van der Waals surface area contributed by atoms with Crippen molar-refractivity contribution in [3.05, 3.63) is 63.2 Å². The number of hydrogen-bond donors (Lipinski definition) is 1. The van der Waals surface area contributed by atoms with Crippen molar-refractivity contribution >= 4 is 40.5 Å². The number of para-hydroxylation sites is 1. The fourth-order valence-corrected chi connectivity index (χ4v) is 4.34. The fourth-order valence-electron chi connectivity index (χ4n) is 2.63. The number of ether oxygens (including phenoxy) is 2. The lowest BCUT2D eigenvalue weighted by Gasteiger charge is -2.16. The lowest BCUT2D eigenvalue weighted by molar-refractivity contribution is -0.123. The van der Waals surface area contributed by atoms with Gasteiger partial charge in [0.1, 0.15) is 17.2 Å². The molecule has 2 amide bonds. The molecule has 6 nitrogen and oxygen atoms in total. The van der Waals surface area contributed by atoms with E-state index in [1.807, 2.05) is 24.3 Å². The van der Waals surface area contributed by atoms with Gasteiger partial charge < -0.3 is 9.47 Å². The van der Waals surface area contributed by atoms with E-state index in [2.05, 4.69) is 5.32 Å². The summed E-state index contributed by atoms with van der Waals surface area (Å²) < 4.78 is 10.7. The first-order valence-corrected chi connectivity index (χ1v) is 9.71. The van der Waals surface area contributed by atoms with E-state index in [1.54, 1.807) is 23.6 Å². The normalized spacial score (nSPS) is 11.7. The second-order valence-electron chi connectivity index (χ2n) is 5.68. The van der Waals surface area contributed by atoms with E-state index in [-0.39, 0.29) is 0 Å². The smallest absolute Gasteiger partial charge is 0.348 e. The summed E-state index contributed by atoms with van der Waals surface area (Å²) in [5.74, 6) is -1.01. The molecule has 136 valence electrons. The van der Waals surface area contributed by atoms with Crippen LogP contribution in [0.4, 0.5) is 0 Å². The summed E-state index contributed by atoms with van der Waals surface area (Å²) in [7, 11) is 0. The molecule has 27 heavy (non-hydrogen) atoms.